The van der Waals surface area contributed by atoms with Gasteiger partial charge in [0.25, 0.3) is 5.56 Å². The van der Waals surface area contributed by atoms with Crippen LogP contribution in [0.4, 0.5) is 19.0 Å². The predicted octanol–water partition coefficient (Wildman–Crippen LogP) is 2.31. The number of halogens is 3. The number of aromatic nitrogens is 4. The van der Waals surface area contributed by atoms with Gasteiger partial charge in [-0.2, -0.15) is 18.3 Å². The average Bonchev–Trinajstić information content (AvgIpc) is 2.66. The highest BCUT2D eigenvalue weighted by atomic mass is 19.4. The second-order valence-corrected chi connectivity index (χ2v) is 6.50. The van der Waals surface area contributed by atoms with Gasteiger partial charge in [0.05, 0.1) is 18.3 Å². The fourth-order valence-electron chi connectivity index (χ4n) is 3.26. The molecule has 7 nitrogen and oxygen atoms in total. The van der Waals surface area contributed by atoms with E-state index in [1.54, 1.807) is 24.1 Å². The van der Waals surface area contributed by atoms with Gasteiger partial charge in [0.15, 0.2) is 0 Å². The Morgan fingerprint density at radius 3 is 2.68 bits per heavy atom. The van der Waals surface area contributed by atoms with Gasteiger partial charge in [-0.3, -0.25) is 4.79 Å². The van der Waals surface area contributed by atoms with Crippen molar-refractivity contribution in [3.05, 3.63) is 51.7 Å². The van der Waals surface area contributed by atoms with E-state index in [-0.39, 0.29) is 23.4 Å². The molecule has 0 unspecified atom stereocenters. The van der Waals surface area contributed by atoms with Crippen LogP contribution in [0.2, 0.25) is 0 Å². The van der Waals surface area contributed by atoms with Crippen molar-refractivity contribution >= 4 is 16.7 Å². The van der Waals surface area contributed by atoms with Gasteiger partial charge in [0.1, 0.15) is 11.6 Å². The van der Waals surface area contributed by atoms with Gasteiger partial charge in [-0.05, 0) is 18.2 Å². The zero-order valence-electron chi connectivity index (χ0n) is 15.1. The van der Waals surface area contributed by atoms with Gasteiger partial charge in [-0.25, -0.2) is 14.6 Å². The number of fused-ring (bicyclic) bond motifs is 2. The first-order valence-corrected chi connectivity index (χ1v) is 8.50. The maximum Gasteiger partial charge on any atom is 0.451 e. The van der Waals surface area contributed by atoms with Crippen molar-refractivity contribution in [3.63, 3.8) is 0 Å². The standard InChI is InChI=1S/C18H16F3N5O2/c1-25-15(27)7-10-9-26(6-5-13(10)24-25)16-12-8-11(28-2)3-4-14(12)22-17(23-16)18(19,20)21/h3-4,7-8H,5-6,9H2,1-2H3. The quantitative estimate of drug-likeness (QED) is 0.668. The van der Waals surface area contributed by atoms with Crippen molar-refractivity contribution in [1.29, 1.82) is 0 Å². The normalized spacial score (nSPS) is 14.2. The molecule has 0 bridgehead atoms. The maximum absolute atomic E-state index is 13.3. The molecule has 3 aromatic rings. The maximum atomic E-state index is 13.3. The Hall–Kier alpha value is -3.17. The largest absolute Gasteiger partial charge is 0.497 e. The summed E-state index contributed by atoms with van der Waals surface area (Å²) in [5.41, 5.74) is 1.33. The number of anilines is 1. The Kier molecular flexibility index (Phi) is 4.20. The van der Waals surface area contributed by atoms with Crippen LogP contribution in [0.5, 0.6) is 5.75 Å². The predicted molar refractivity (Wildman–Crippen MR) is 95.3 cm³/mol. The lowest BCUT2D eigenvalue weighted by molar-refractivity contribution is -0.144. The number of alkyl halides is 3. The molecule has 0 saturated carbocycles. The molecule has 0 atom stereocenters. The first-order chi connectivity index (χ1) is 13.3. The minimum absolute atomic E-state index is 0.155. The summed E-state index contributed by atoms with van der Waals surface area (Å²) in [5, 5.41) is 4.68. The molecule has 2 aromatic heterocycles. The van der Waals surface area contributed by atoms with Gasteiger partial charge >= 0.3 is 6.18 Å². The fraction of sp³-hybridized carbons (Fsp3) is 0.333. The van der Waals surface area contributed by atoms with Crippen LogP contribution in [0.25, 0.3) is 10.9 Å². The Bertz CT molecular complexity index is 1130. The van der Waals surface area contributed by atoms with Crippen LogP contribution in [-0.4, -0.2) is 33.4 Å². The first-order valence-electron chi connectivity index (χ1n) is 8.50. The lowest BCUT2D eigenvalue weighted by atomic mass is 10.1. The lowest BCUT2D eigenvalue weighted by Gasteiger charge is -2.30. The molecule has 4 rings (SSSR count). The number of methoxy groups -OCH3 is 1. The monoisotopic (exact) mass is 391 g/mol. The third-order valence-electron chi connectivity index (χ3n) is 4.67. The molecule has 0 saturated heterocycles. The molecule has 0 fully saturated rings. The third-order valence-corrected chi connectivity index (χ3v) is 4.67. The summed E-state index contributed by atoms with van der Waals surface area (Å²) in [6, 6.07) is 6.11. The second-order valence-electron chi connectivity index (χ2n) is 6.50. The minimum atomic E-state index is -4.67. The van der Waals surface area contributed by atoms with Crippen molar-refractivity contribution in [1.82, 2.24) is 19.7 Å². The molecular formula is C18H16F3N5O2. The summed E-state index contributed by atoms with van der Waals surface area (Å²) < 4.78 is 46.4. The average molecular weight is 391 g/mol. The summed E-state index contributed by atoms with van der Waals surface area (Å²) in [6.07, 6.45) is -4.19. The number of benzene rings is 1. The molecule has 28 heavy (non-hydrogen) atoms. The fourth-order valence-corrected chi connectivity index (χ4v) is 3.26. The molecule has 3 heterocycles. The molecule has 146 valence electrons. The molecule has 1 aliphatic heterocycles. The topological polar surface area (TPSA) is 73.1 Å². The molecule has 0 aliphatic carbocycles. The van der Waals surface area contributed by atoms with Crippen molar-refractivity contribution in [3.8, 4) is 5.75 Å². The number of hydrogen-bond acceptors (Lipinski definition) is 6. The highest BCUT2D eigenvalue weighted by molar-refractivity contribution is 5.91. The number of hydrogen-bond donors (Lipinski definition) is 0. The summed E-state index contributed by atoms with van der Waals surface area (Å²) >= 11 is 0. The van der Waals surface area contributed by atoms with Crippen molar-refractivity contribution in [2.45, 2.75) is 19.1 Å². The van der Waals surface area contributed by atoms with E-state index in [0.29, 0.717) is 29.7 Å². The zero-order chi connectivity index (χ0) is 20.1. The minimum Gasteiger partial charge on any atom is -0.497 e. The van der Waals surface area contributed by atoms with Crippen LogP contribution in [0.1, 0.15) is 17.1 Å². The molecule has 1 aromatic carbocycles. The lowest BCUT2D eigenvalue weighted by Crippen LogP contribution is -2.35. The first kappa shape index (κ1) is 18.2. The highest BCUT2D eigenvalue weighted by Crippen LogP contribution is 2.34. The van der Waals surface area contributed by atoms with E-state index >= 15 is 0 Å². The van der Waals surface area contributed by atoms with Crippen molar-refractivity contribution < 1.29 is 17.9 Å². The van der Waals surface area contributed by atoms with Gasteiger partial charge in [0.2, 0.25) is 5.82 Å². The van der Waals surface area contributed by atoms with E-state index < -0.39 is 12.0 Å². The molecule has 10 heteroatoms. The van der Waals surface area contributed by atoms with Crippen molar-refractivity contribution in [2.75, 3.05) is 18.6 Å². The van der Waals surface area contributed by atoms with E-state index in [9.17, 15) is 18.0 Å². The van der Waals surface area contributed by atoms with Gasteiger partial charge < -0.3 is 9.64 Å². The smallest absolute Gasteiger partial charge is 0.451 e. The Morgan fingerprint density at radius 2 is 1.96 bits per heavy atom. The zero-order valence-corrected chi connectivity index (χ0v) is 15.1. The summed E-state index contributed by atoms with van der Waals surface area (Å²) in [6.45, 7) is 0.651. The van der Waals surface area contributed by atoms with Gasteiger partial charge in [0, 0.05) is 43.6 Å². The van der Waals surface area contributed by atoms with E-state index in [2.05, 4.69) is 15.1 Å². The Labute approximate surface area is 157 Å². The highest BCUT2D eigenvalue weighted by Gasteiger charge is 2.36. The molecule has 0 N–H and O–H groups in total. The molecular weight excluding hydrogens is 375 g/mol. The molecule has 0 amide bonds. The van der Waals surface area contributed by atoms with Crippen molar-refractivity contribution in [2.24, 2.45) is 7.05 Å². The van der Waals surface area contributed by atoms with Crippen LogP contribution in [0.15, 0.2) is 29.1 Å². The van der Waals surface area contributed by atoms with E-state index in [4.69, 9.17) is 4.74 Å². The summed E-state index contributed by atoms with van der Waals surface area (Å²) in [7, 11) is 3.04. The van der Waals surface area contributed by atoms with E-state index in [1.807, 2.05) is 0 Å². The Morgan fingerprint density at radius 1 is 1.18 bits per heavy atom. The van der Waals surface area contributed by atoms with E-state index in [1.165, 1.54) is 23.9 Å². The number of aryl methyl sites for hydroxylation is 1. The SMILES string of the molecule is COc1ccc2nc(C(F)(F)F)nc(N3CCc4nn(C)c(=O)cc4C3)c2c1. The summed E-state index contributed by atoms with van der Waals surface area (Å²) in [4.78, 5) is 21.1. The molecule has 1 aliphatic rings. The van der Waals surface area contributed by atoms with Gasteiger partial charge in [-0.15, -0.1) is 0 Å². The van der Waals surface area contributed by atoms with E-state index in [0.717, 1.165) is 5.69 Å². The van der Waals surface area contributed by atoms with Crippen LogP contribution < -0.4 is 15.2 Å². The van der Waals surface area contributed by atoms with Crippen LogP contribution >= 0.6 is 0 Å². The molecule has 0 spiro atoms. The second kappa shape index (κ2) is 6.47. The van der Waals surface area contributed by atoms with Crippen LogP contribution in [-0.2, 0) is 26.2 Å². The Balaban J connectivity index is 1.86. The third kappa shape index (κ3) is 3.14. The number of nitrogens with zero attached hydrogens (tertiary/aromatic N) is 5. The number of ether oxygens (including phenoxy) is 1. The van der Waals surface area contributed by atoms with Crippen LogP contribution in [0.3, 0.4) is 0 Å². The number of rotatable bonds is 2. The summed E-state index contributed by atoms with van der Waals surface area (Å²) in [5.74, 6) is -0.555. The van der Waals surface area contributed by atoms with Gasteiger partial charge in [-0.1, -0.05) is 0 Å². The molecule has 0 radical (unpaired) electrons. The van der Waals surface area contributed by atoms with Crippen LogP contribution in [0, 0.1) is 0 Å².